The van der Waals surface area contributed by atoms with Crippen molar-refractivity contribution < 1.29 is 0 Å². The standard InChI is InChI=1S/C70H80N2/c1-3-10-20-54(21-11-4-1)57-28-30-58(31-29-57)61-36-46-67(47-37-61)72(66-44-34-60(35-45-66)56-24-14-7-15-25-56)69-50-40-63(41-51-69)70(52-18-9-19-53-70)62-38-48-68(49-39-62)71(64-26-16-8-17-27-64)65-42-32-59(33-43-65)55-22-12-5-2-6-13-23-55/h8,16-17,26-51,54-56H,1-7,9-15,18-25,52-53H2. The Morgan fingerprint density at radius 2 is 0.514 bits per heavy atom. The monoisotopic (exact) mass is 949 g/mol. The maximum atomic E-state index is 2.49. The van der Waals surface area contributed by atoms with E-state index in [9.17, 15) is 0 Å². The quantitative estimate of drug-likeness (QED) is 0.120. The zero-order valence-electron chi connectivity index (χ0n) is 43.3. The molecule has 4 fully saturated rings. The molecule has 4 aliphatic carbocycles. The highest BCUT2D eigenvalue weighted by atomic mass is 15.1. The van der Waals surface area contributed by atoms with E-state index in [1.54, 1.807) is 0 Å². The molecule has 0 radical (unpaired) electrons. The topological polar surface area (TPSA) is 6.48 Å². The van der Waals surface area contributed by atoms with Gasteiger partial charge in [-0.25, -0.2) is 0 Å². The van der Waals surface area contributed by atoms with Crippen LogP contribution in [0.25, 0.3) is 11.1 Å². The predicted molar refractivity (Wildman–Crippen MR) is 307 cm³/mol. The summed E-state index contributed by atoms with van der Waals surface area (Å²) in [6.45, 7) is 0. The lowest BCUT2D eigenvalue weighted by Gasteiger charge is -2.39. The Morgan fingerprint density at radius 1 is 0.250 bits per heavy atom. The van der Waals surface area contributed by atoms with Gasteiger partial charge in [-0.05, 0) is 181 Å². The van der Waals surface area contributed by atoms with Crippen molar-refractivity contribution in [1.82, 2.24) is 0 Å². The molecule has 4 saturated carbocycles. The lowest BCUT2D eigenvalue weighted by atomic mass is 9.65. The lowest BCUT2D eigenvalue weighted by molar-refractivity contribution is 0.346. The predicted octanol–water partition coefficient (Wildman–Crippen LogP) is 21.2. The normalized spacial score (nSPS) is 18.6. The molecule has 0 atom stereocenters. The van der Waals surface area contributed by atoms with E-state index in [4.69, 9.17) is 0 Å². The number of hydrogen-bond acceptors (Lipinski definition) is 2. The first-order chi connectivity index (χ1) is 35.7. The van der Waals surface area contributed by atoms with Gasteiger partial charge in [0, 0.05) is 39.5 Å². The van der Waals surface area contributed by atoms with Crippen LogP contribution in [-0.2, 0) is 5.41 Å². The molecule has 7 aromatic carbocycles. The summed E-state index contributed by atoms with van der Waals surface area (Å²) in [5.74, 6) is 2.09. The summed E-state index contributed by atoms with van der Waals surface area (Å²) in [5, 5.41) is 0. The zero-order valence-corrected chi connectivity index (χ0v) is 43.3. The maximum Gasteiger partial charge on any atom is 0.0462 e. The van der Waals surface area contributed by atoms with Crippen LogP contribution in [0, 0.1) is 0 Å². The first-order valence-corrected chi connectivity index (χ1v) is 29.0. The van der Waals surface area contributed by atoms with Gasteiger partial charge in [-0.3, -0.25) is 0 Å². The third-order valence-electron chi connectivity index (χ3n) is 18.0. The van der Waals surface area contributed by atoms with Crippen molar-refractivity contribution in [2.75, 3.05) is 9.80 Å². The second-order valence-electron chi connectivity index (χ2n) is 22.5. The van der Waals surface area contributed by atoms with E-state index >= 15 is 0 Å². The Kier molecular flexibility index (Phi) is 15.7. The number of para-hydroxylation sites is 1. The summed E-state index contributed by atoms with van der Waals surface area (Å²) in [6.07, 6.45) is 32.1. The van der Waals surface area contributed by atoms with Crippen LogP contribution in [0.5, 0.6) is 0 Å². The Bertz CT molecular complexity index is 2710. The minimum atomic E-state index is -0.0225. The van der Waals surface area contributed by atoms with Crippen molar-refractivity contribution in [1.29, 1.82) is 0 Å². The lowest BCUT2D eigenvalue weighted by Crippen LogP contribution is -2.30. The minimum Gasteiger partial charge on any atom is -0.311 e. The van der Waals surface area contributed by atoms with Crippen LogP contribution in [0.4, 0.5) is 34.1 Å². The molecule has 72 heavy (non-hydrogen) atoms. The van der Waals surface area contributed by atoms with Gasteiger partial charge in [0.05, 0.1) is 0 Å². The van der Waals surface area contributed by atoms with E-state index < -0.39 is 0 Å². The molecule has 0 saturated heterocycles. The van der Waals surface area contributed by atoms with E-state index in [1.807, 2.05) is 0 Å². The fourth-order valence-electron chi connectivity index (χ4n) is 13.8. The van der Waals surface area contributed by atoms with Crippen LogP contribution in [-0.4, -0.2) is 0 Å². The minimum absolute atomic E-state index is 0.0225. The summed E-state index contributed by atoms with van der Waals surface area (Å²) >= 11 is 0. The maximum absolute atomic E-state index is 2.49. The van der Waals surface area contributed by atoms with Crippen LogP contribution >= 0.6 is 0 Å². The summed E-state index contributed by atoms with van der Waals surface area (Å²) in [6, 6.07) is 68.6. The van der Waals surface area contributed by atoms with Crippen LogP contribution in [0.1, 0.15) is 200 Å². The van der Waals surface area contributed by atoms with Crippen molar-refractivity contribution in [2.24, 2.45) is 0 Å². The molecule has 11 rings (SSSR count). The van der Waals surface area contributed by atoms with Crippen LogP contribution in [0.15, 0.2) is 176 Å². The Morgan fingerprint density at radius 3 is 0.889 bits per heavy atom. The fourth-order valence-corrected chi connectivity index (χ4v) is 13.8. The van der Waals surface area contributed by atoms with Crippen LogP contribution in [0.2, 0.25) is 0 Å². The van der Waals surface area contributed by atoms with Gasteiger partial charge >= 0.3 is 0 Å². The molecule has 0 bridgehead atoms. The zero-order chi connectivity index (χ0) is 48.4. The molecule has 0 heterocycles. The largest absolute Gasteiger partial charge is 0.311 e. The summed E-state index contributed by atoms with van der Waals surface area (Å²) in [7, 11) is 0. The van der Waals surface area contributed by atoms with Crippen molar-refractivity contribution in [3.8, 4) is 11.1 Å². The van der Waals surface area contributed by atoms with Crippen molar-refractivity contribution >= 4 is 34.1 Å². The second-order valence-corrected chi connectivity index (χ2v) is 22.5. The van der Waals surface area contributed by atoms with Gasteiger partial charge in [0.1, 0.15) is 0 Å². The van der Waals surface area contributed by atoms with Crippen LogP contribution in [0.3, 0.4) is 0 Å². The highest BCUT2D eigenvalue weighted by Gasteiger charge is 2.36. The van der Waals surface area contributed by atoms with Crippen molar-refractivity contribution in [2.45, 2.75) is 177 Å². The molecule has 2 heteroatoms. The molecule has 0 unspecified atom stereocenters. The van der Waals surface area contributed by atoms with Gasteiger partial charge in [0.2, 0.25) is 0 Å². The smallest absolute Gasteiger partial charge is 0.0462 e. The molecule has 0 aromatic heterocycles. The van der Waals surface area contributed by atoms with Crippen molar-refractivity contribution in [3.63, 3.8) is 0 Å². The molecule has 0 spiro atoms. The number of anilines is 6. The molecular formula is C70H80N2. The third kappa shape index (κ3) is 11.0. The Hall–Kier alpha value is -5.86. The van der Waals surface area contributed by atoms with Gasteiger partial charge in [-0.15, -0.1) is 0 Å². The summed E-state index contributed by atoms with van der Waals surface area (Å²) in [4.78, 5) is 4.94. The molecule has 2 nitrogen and oxygen atoms in total. The number of hydrogen-bond donors (Lipinski definition) is 0. The number of benzene rings is 7. The first kappa shape index (κ1) is 48.4. The molecule has 0 N–H and O–H groups in total. The van der Waals surface area contributed by atoms with Gasteiger partial charge < -0.3 is 9.80 Å². The molecular weight excluding hydrogens is 869 g/mol. The SMILES string of the molecule is c1ccc(N(c2ccc(C3CCCCCCC3)cc2)c2ccc(C3(c4ccc(N(c5ccc(-c6ccc(C7CCCCCCC7)cc6)cc5)c5ccc(C6CCCCC6)cc5)cc4)CCCCC3)cc2)cc1. The van der Waals surface area contributed by atoms with E-state index in [0.717, 1.165) is 0 Å². The highest BCUT2D eigenvalue weighted by molar-refractivity contribution is 5.79. The average Bonchev–Trinajstić information content (AvgIpc) is 3.43. The second kappa shape index (κ2) is 23.3. The fraction of sp³-hybridized carbons (Fsp3) is 0.400. The third-order valence-corrected chi connectivity index (χ3v) is 18.0. The molecule has 0 aliphatic heterocycles. The van der Waals surface area contributed by atoms with Gasteiger partial charge in [0.25, 0.3) is 0 Å². The number of rotatable bonds is 12. The Balaban J connectivity index is 0.879. The first-order valence-electron chi connectivity index (χ1n) is 29.0. The molecule has 370 valence electrons. The van der Waals surface area contributed by atoms with Gasteiger partial charge in [0.15, 0.2) is 0 Å². The van der Waals surface area contributed by atoms with Gasteiger partial charge in [-0.1, -0.05) is 206 Å². The van der Waals surface area contributed by atoms with Gasteiger partial charge in [-0.2, -0.15) is 0 Å². The summed E-state index contributed by atoms with van der Waals surface area (Å²) < 4.78 is 0. The molecule has 4 aliphatic rings. The van der Waals surface area contributed by atoms with E-state index in [1.165, 1.54) is 227 Å². The molecule has 0 amide bonds. The summed E-state index contributed by atoms with van der Waals surface area (Å²) in [5.41, 5.74) is 17.2. The highest BCUT2D eigenvalue weighted by Crippen LogP contribution is 2.48. The van der Waals surface area contributed by atoms with Crippen LogP contribution < -0.4 is 9.80 Å². The Labute approximate surface area is 433 Å². The van der Waals surface area contributed by atoms with Crippen molar-refractivity contribution in [3.05, 3.63) is 204 Å². The molecule has 7 aromatic rings. The van der Waals surface area contributed by atoms with E-state index in [0.29, 0.717) is 17.8 Å². The van der Waals surface area contributed by atoms with E-state index in [2.05, 4.69) is 186 Å². The van der Waals surface area contributed by atoms with E-state index in [-0.39, 0.29) is 5.41 Å². The number of nitrogens with zero attached hydrogens (tertiary/aromatic N) is 2. The average molecular weight is 949 g/mol.